The normalized spacial score (nSPS) is 14.6. The summed E-state index contributed by atoms with van der Waals surface area (Å²) in [6, 6.07) is 7.07. The first-order valence-corrected chi connectivity index (χ1v) is 6.98. The number of nitrogens with zero attached hydrogens (tertiary/aromatic N) is 1. The number of nitrogens with one attached hydrogen (secondary N) is 1. The Balaban J connectivity index is 1.74. The number of carbonyl (C=O) groups is 2. The Kier molecular flexibility index (Phi) is 5.57. The predicted octanol–water partition coefficient (Wildman–Crippen LogP) is 1.27. The van der Waals surface area contributed by atoms with Gasteiger partial charge in [-0.2, -0.15) is 0 Å². The van der Waals surface area contributed by atoms with Gasteiger partial charge in [-0.15, -0.1) is 0 Å². The number of hydrogen-bond donors (Lipinski definition) is 1. The first-order chi connectivity index (χ1) is 10.2. The molecule has 2 amide bonds. The summed E-state index contributed by atoms with van der Waals surface area (Å²) in [7, 11) is 1.59. The molecule has 1 aliphatic heterocycles. The average molecular weight is 292 g/mol. The Morgan fingerprint density at radius 1 is 1.19 bits per heavy atom. The number of methoxy groups -OCH3 is 1. The third-order valence-electron chi connectivity index (χ3n) is 3.30. The van der Waals surface area contributed by atoms with Gasteiger partial charge in [-0.3, -0.25) is 9.59 Å². The van der Waals surface area contributed by atoms with Crippen molar-refractivity contribution in [3.8, 4) is 5.75 Å². The Hall–Kier alpha value is -2.08. The van der Waals surface area contributed by atoms with Crippen LogP contribution >= 0.6 is 0 Å². The molecule has 0 atom stereocenters. The molecule has 0 radical (unpaired) electrons. The van der Waals surface area contributed by atoms with Crippen molar-refractivity contribution in [3.05, 3.63) is 24.3 Å². The van der Waals surface area contributed by atoms with Crippen LogP contribution in [0.5, 0.6) is 5.75 Å². The van der Waals surface area contributed by atoms with Crippen LogP contribution in [-0.4, -0.2) is 50.1 Å². The Bertz CT molecular complexity index is 481. The molecular weight excluding hydrogens is 272 g/mol. The molecular formula is C15H20N2O4. The van der Waals surface area contributed by atoms with E-state index in [0.717, 1.165) is 5.75 Å². The van der Waals surface area contributed by atoms with Crippen molar-refractivity contribution in [3.63, 3.8) is 0 Å². The fourth-order valence-corrected chi connectivity index (χ4v) is 2.09. The average Bonchev–Trinajstić information content (AvgIpc) is 2.54. The van der Waals surface area contributed by atoms with E-state index in [-0.39, 0.29) is 24.7 Å². The Morgan fingerprint density at radius 2 is 1.86 bits per heavy atom. The minimum atomic E-state index is -0.165. The maximum absolute atomic E-state index is 11.9. The van der Waals surface area contributed by atoms with Crippen molar-refractivity contribution in [2.75, 3.05) is 38.7 Å². The molecule has 1 fully saturated rings. The van der Waals surface area contributed by atoms with E-state index >= 15 is 0 Å². The third kappa shape index (κ3) is 4.75. The summed E-state index contributed by atoms with van der Waals surface area (Å²) in [4.78, 5) is 25.5. The van der Waals surface area contributed by atoms with Crippen molar-refractivity contribution >= 4 is 17.5 Å². The van der Waals surface area contributed by atoms with Crippen molar-refractivity contribution in [2.45, 2.75) is 12.8 Å². The highest BCUT2D eigenvalue weighted by atomic mass is 16.5. The summed E-state index contributed by atoms with van der Waals surface area (Å²) in [5.41, 5.74) is 0.694. The number of carbonyl (C=O) groups excluding carboxylic acids is 2. The lowest BCUT2D eigenvalue weighted by atomic mass is 10.2. The van der Waals surface area contributed by atoms with E-state index < -0.39 is 0 Å². The maximum Gasteiger partial charge on any atom is 0.224 e. The van der Waals surface area contributed by atoms with Crippen molar-refractivity contribution in [2.24, 2.45) is 0 Å². The van der Waals surface area contributed by atoms with Crippen LogP contribution < -0.4 is 10.1 Å². The predicted molar refractivity (Wildman–Crippen MR) is 78.3 cm³/mol. The molecule has 21 heavy (non-hydrogen) atoms. The van der Waals surface area contributed by atoms with Gasteiger partial charge >= 0.3 is 0 Å². The lowest BCUT2D eigenvalue weighted by Crippen LogP contribution is -2.40. The summed E-state index contributed by atoms with van der Waals surface area (Å²) in [5, 5.41) is 2.76. The molecule has 0 spiro atoms. The van der Waals surface area contributed by atoms with Gasteiger partial charge in [-0.25, -0.2) is 0 Å². The zero-order chi connectivity index (χ0) is 15.1. The van der Waals surface area contributed by atoms with Crippen LogP contribution in [0.3, 0.4) is 0 Å². The van der Waals surface area contributed by atoms with E-state index in [4.69, 9.17) is 9.47 Å². The SMILES string of the molecule is COc1ccc(NC(=O)CCC(=O)N2CCOCC2)cc1. The summed E-state index contributed by atoms with van der Waals surface area (Å²) in [6.07, 6.45) is 0.407. The topological polar surface area (TPSA) is 67.9 Å². The third-order valence-corrected chi connectivity index (χ3v) is 3.30. The molecule has 1 aromatic carbocycles. The lowest BCUT2D eigenvalue weighted by Gasteiger charge is -2.26. The Morgan fingerprint density at radius 3 is 2.48 bits per heavy atom. The number of amides is 2. The largest absolute Gasteiger partial charge is 0.497 e. The van der Waals surface area contributed by atoms with Gasteiger partial charge in [0.1, 0.15) is 5.75 Å². The van der Waals surface area contributed by atoms with E-state index in [1.165, 1.54) is 0 Å². The molecule has 0 bridgehead atoms. The van der Waals surface area contributed by atoms with Gasteiger partial charge in [0.25, 0.3) is 0 Å². The maximum atomic E-state index is 11.9. The zero-order valence-corrected chi connectivity index (χ0v) is 12.1. The molecule has 0 saturated carbocycles. The second-order valence-electron chi connectivity index (χ2n) is 4.77. The van der Waals surface area contributed by atoms with Crippen LogP contribution in [0, 0.1) is 0 Å². The number of anilines is 1. The standard InChI is InChI=1S/C15H20N2O4/c1-20-13-4-2-12(3-5-13)16-14(18)6-7-15(19)17-8-10-21-11-9-17/h2-5H,6-11H2,1H3,(H,16,18). The molecule has 1 N–H and O–H groups in total. The number of benzene rings is 1. The number of rotatable bonds is 5. The van der Waals surface area contributed by atoms with Gasteiger partial charge in [-0.1, -0.05) is 0 Å². The van der Waals surface area contributed by atoms with Crippen molar-refractivity contribution in [1.29, 1.82) is 0 Å². The Labute approximate surface area is 124 Å². The molecule has 0 aromatic heterocycles. The van der Waals surface area contributed by atoms with E-state index in [9.17, 15) is 9.59 Å². The molecule has 0 unspecified atom stereocenters. The van der Waals surface area contributed by atoms with Crippen LogP contribution in [0.2, 0.25) is 0 Å². The minimum Gasteiger partial charge on any atom is -0.497 e. The first-order valence-electron chi connectivity index (χ1n) is 6.98. The zero-order valence-electron chi connectivity index (χ0n) is 12.1. The van der Waals surface area contributed by atoms with Crippen LogP contribution in [0.4, 0.5) is 5.69 Å². The van der Waals surface area contributed by atoms with Crippen LogP contribution in [-0.2, 0) is 14.3 Å². The minimum absolute atomic E-state index is 0.00295. The van der Waals surface area contributed by atoms with Crippen molar-refractivity contribution < 1.29 is 19.1 Å². The fraction of sp³-hybridized carbons (Fsp3) is 0.467. The second kappa shape index (κ2) is 7.64. The number of hydrogen-bond acceptors (Lipinski definition) is 4. The molecule has 0 aliphatic carbocycles. The smallest absolute Gasteiger partial charge is 0.224 e. The lowest BCUT2D eigenvalue weighted by molar-refractivity contribution is -0.136. The highest BCUT2D eigenvalue weighted by Crippen LogP contribution is 2.15. The van der Waals surface area contributed by atoms with E-state index in [1.807, 2.05) is 0 Å². The molecule has 1 aromatic rings. The molecule has 6 heteroatoms. The molecule has 6 nitrogen and oxygen atoms in total. The molecule has 114 valence electrons. The molecule has 2 rings (SSSR count). The molecule has 1 heterocycles. The van der Waals surface area contributed by atoms with Gasteiger partial charge in [0.2, 0.25) is 11.8 Å². The highest BCUT2D eigenvalue weighted by Gasteiger charge is 2.17. The highest BCUT2D eigenvalue weighted by molar-refractivity contribution is 5.93. The summed E-state index contributed by atoms with van der Waals surface area (Å²) < 4.78 is 10.2. The van der Waals surface area contributed by atoms with Crippen LogP contribution in [0.25, 0.3) is 0 Å². The number of ether oxygens (including phenoxy) is 2. The first kappa shape index (κ1) is 15.3. The quantitative estimate of drug-likeness (QED) is 0.887. The molecule has 1 aliphatic rings. The van der Waals surface area contributed by atoms with Gasteiger partial charge in [0.15, 0.2) is 0 Å². The van der Waals surface area contributed by atoms with E-state index in [0.29, 0.717) is 32.0 Å². The fourth-order valence-electron chi connectivity index (χ4n) is 2.09. The van der Waals surface area contributed by atoms with E-state index in [2.05, 4.69) is 5.32 Å². The summed E-state index contributed by atoms with van der Waals surface area (Å²) in [5.74, 6) is 0.570. The summed E-state index contributed by atoms with van der Waals surface area (Å²) >= 11 is 0. The van der Waals surface area contributed by atoms with Gasteiger partial charge in [0, 0.05) is 31.6 Å². The van der Waals surface area contributed by atoms with Gasteiger partial charge in [0.05, 0.1) is 20.3 Å². The molecule has 1 saturated heterocycles. The van der Waals surface area contributed by atoms with Crippen molar-refractivity contribution in [1.82, 2.24) is 4.90 Å². The van der Waals surface area contributed by atoms with E-state index in [1.54, 1.807) is 36.3 Å². The van der Waals surface area contributed by atoms with Crippen LogP contribution in [0.1, 0.15) is 12.8 Å². The summed E-state index contributed by atoms with van der Waals surface area (Å²) in [6.45, 7) is 2.37. The van der Waals surface area contributed by atoms with Gasteiger partial charge < -0.3 is 19.7 Å². The van der Waals surface area contributed by atoms with Gasteiger partial charge in [-0.05, 0) is 24.3 Å². The monoisotopic (exact) mass is 292 g/mol. The second-order valence-corrected chi connectivity index (χ2v) is 4.77. The number of morpholine rings is 1. The van der Waals surface area contributed by atoms with Crippen LogP contribution in [0.15, 0.2) is 24.3 Å².